The molecule has 24 valence electrons. The van der Waals surface area contributed by atoms with Crippen molar-refractivity contribution >= 4 is 5.91 Å². The van der Waals surface area contributed by atoms with E-state index in [9.17, 15) is 4.79 Å². The second kappa shape index (κ2) is 0.875. The number of hydrogen-bond acceptors (Lipinski definition) is 1. The van der Waals surface area contributed by atoms with Crippen LogP contribution in [0, 0.1) is 0 Å². The molecule has 0 radical (unpaired) electrons. The van der Waals surface area contributed by atoms with E-state index in [1.165, 1.54) is 6.92 Å². The van der Waals surface area contributed by atoms with Crippen molar-refractivity contribution in [1.29, 1.82) is 0 Å². The number of rotatable bonds is 0. The Labute approximate surface area is 27.6 Å². The summed E-state index contributed by atoms with van der Waals surface area (Å²) in [5.74, 6) is -0.333. The van der Waals surface area contributed by atoms with Crippen molar-refractivity contribution in [3.8, 4) is 0 Å². The van der Waals surface area contributed by atoms with Gasteiger partial charge in [0.2, 0.25) is 5.91 Å². The van der Waals surface area contributed by atoms with Crippen LogP contribution in [0.15, 0.2) is 0 Å². The Morgan fingerprint density at radius 3 is 2.25 bits per heavy atom. The largest absolute Gasteiger partial charge is 1.00 e. The fourth-order valence-corrected chi connectivity index (χ4v) is 0. The fraction of sp³-hybridized carbons (Fsp3) is 0.500. The summed E-state index contributed by atoms with van der Waals surface area (Å²) in [6.45, 7) is 1.31. The lowest BCUT2D eigenvalue weighted by Gasteiger charge is -1.60. The van der Waals surface area contributed by atoms with Gasteiger partial charge in [0.05, 0.1) is 0 Å². The van der Waals surface area contributed by atoms with Crippen LogP contribution >= 0.6 is 0 Å². The van der Waals surface area contributed by atoms with Crippen molar-refractivity contribution in [2.45, 2.75) is 6.92 Å². The lowest BCUT2D eigenvalue weighted by atomic mass is 10.8. The minimum absolute atomic E-state index is 0. The monoisotopic (exact) mass is 61.1 g/mol. The van der Waals surface area contributed by atoms with Crippen LogP contribution in [0.3, 0.4) is 0 Å². The van der Waals surface area contributed by atoms with Crippen LogP contribution in [0.1, 0.15) is 9.78 Å². The Kier molecular flexibility index (Phi) is 0.759. The van der Waals surface area contributed by atoms with Gasteiger partial charge >= 0.3 is 2.85 Å². The predicted molar refractivity (Wildman–Crippen MR) is 17.1 cm³/mol. The van der Waals surface area contributed by atoms with Crippen LogP contribution in [-0.4, -0.2) is 5.91 Å². The van der Waals surface area contributed by atoms with Crippen molar-refractivity contribution in [3.63, 3.8) is 0 Å². The van der Waals surface area contributed by atoms with Gasteiger partial charge in [-0.05, 0) is 0 Å². The lowest BCUT2D eigenvalue weighted by molar-refractivity contribution is -0.115. The van der Waals surface area contributed by atoms with Gasteiger partial charge in [-0.1, -0.05) is 0 Å². The lowest BCUT2D eigenvalue weighted by Crippen LogP contribution is -2.01. The summed E-state index contributed by atoms with van der Waals surface area (Å²) in [5.41, 5.74) is 4.47. The van der Waals surface area contributed by atoms with E-state index < -0.39 is 0 Å². The first-order valence-corrected chi connectivity index (χ1v) is 0.993. The van der Waals surface area contributed by atoms with E-state index in [0.717, 1.165) is 0 Å². The molecule has 0 spiro atoms. The maximum absolute atomic E-state index is 9.22. The summed E-state index contributed by atoms with van der Waals surface area (Å²) in [6.07, 6.45) is 0. The molecular formula is C2H7NO+2. The minimum atomic E-state index is -0.333. The second-order valence-electron chi connectivity index (χ2n) is 0.611. The van der Waals surface area contributed by atoms with Gasteiger partial charge in [-0.15, -0.1) is 0 Å². The summed E-state index contributed by atoms with van der Waals surface area (Å²) >= 11 is 0. The molecule has 2 heteroatoms. The Morgan fingerprint density at radius 2 is 2.25 bits per heavy atom. The first-order valence-electron chi connectivity index (χ1n) is 0.993. The number of nitrogens with two attached hydrogens (primary N) is 1. The average molecular weight is 61.1 g/mol. The molecule has 2 nitrogen and oxygen atoms in total. The van der Waals surface area contributed by atoms with E-state index >= 15 is 0 Å². The Morgan fingerprint density at radius 1 is 2.25 bits per heavy atom. The van der Waals surface area contributed by atoms with Crippen LogP contribution < -0.4 is 5.73 Å². The molecule has 0 heterocycles. The summed E-state index contributed by atoms with van der Waals surface area (Å²) in [6, 6.07) is 0. The van der Waals surface area contributed by atoms with Gasteiger partial charge in [-0.2, -0.15) is 0 Å². The predicted octanol–water partition coefficient (Wildman–Crippen LogP) is -0.283. The van der Waals surface area contributed by atoms with Crippen LogP contribution in [0.25, 0.3) is 0 Å². The second-order valence-corrected chi connectivity index (χ2v) is 0.611. The van der Waals surface area contributed by atoms with Gasteiger partial charge in [0.1, 0.15) is 0 Å². The minimum Gasteiger partial charge on any atom is -0.370 e. The summed E-state index contributed by atoms with van der Waals surface area (Å²) in [7, 11) is 0. The van der Waals surface area contributed by atoms with Crippen molar-refractivity contribution in [3.05, 3.63) is 0 Å². The zero-order chi connectivity index (χ0) is 3.58. The zero-order valence-electron chi connectivity index (χ0n) is 4.49. The number of carbonyl (C=O) groups excluding carboxylic acids is 1. The molecule has 0 aliphatic carbocycles. The van der Waals surface area contributed by atoms with Crippen LogP contribution in [0.2, 0.25) is 0 Å². The molecule has 0 fully saturated rings. The summed E-state index contributed by atoms with van der Waals surface area (Å²) in [5, 5.41) is 0. The molecule has 0 aromatic carbocycles. The molecule has 0 rings (SSSR count). The van der Waals surface area contributed by atoms with Gasteiger partial charge < -0.3 is 5.73 Å². The number of hydrogen-bond donors (Lipinski definition) is 1. The van der Waals surface area contributed by atoms with E-state index in [4.69, 9.17) is 0 Å². The molecule has 1 amide bonds. The molecule has 0 aromatic rings. The van der Waals surface area contributed by atoms with E-state index in [0.29, 0.717) is 0 Å². The smallest absolute Gasteiger partial charge is 0.370 e. The molecule has 0 aromatic heterocycles. The van der Waals surface area contributed by atoms with Gasteiger partial charge in [0, 0.05) is 6.92 Å². The van der Waals surface area contributed by atoms with Crippen LogP contribution in [-0.2, 0) is 4.79 Å². The highest BCUT2D eigenvalue weighted by Gasteiger charge is 1.61. The van der Waals surface area contributed by atoms with E-state index in [1.807, 2.05) is 0 Å². The Bertz CT molecular complexity index is 34.5. The molecule has 0 aliphatic heterocycles. The number of amides is 1. The zero-order valence-corrected chi connectivity index (χ0v) is 2.49. The first-order chi connectivity index (χ1) is 1.73. The van der Waals surface area contributed by atoms with Gasteiger partial charge in [0.25, 0.3) is 0 Å². The van der Waals surface area contributed by atoms with Crippen molar-refractivity contribution in [2.24, 2.45) is 5.73 Å². The summed E-state index contributed by atoms with van der Waals surface area (Å²) in [4.78, 5) is 9.22. The van der Waals surface area contributed by atoms with Gasteiger partial charge in [0.15, 0.2) is 0 Å². The van der Waals surface area contributed by atoms with Crippen molar-refractivity contribution in [2.75, 3.05) is 0 Å². The van der Waals surface area contributed by atoms with E-state index in [1.54, 1.807) is 0 Å². The molecule has 0 saturated carbocycles. The quantitative estimate of drug-likeness (QED) is 0.411. The standard InChI is InChI=1S/C2H5NO/c1-2(3)4/h1H3,(H2,3,4)/p+2. The third-order valence-corrected chi connectivity index (χ3v) is 0. The third kappa shape index (κ3) is 1.16. The Hall–Kier alpha value is -0.530. The molecule has 0 atom stereocenters. The van der Waals surface area contributed by atoms with E-state index in [-0.39, 0.29) is 8.76 Å². The van der Waals surface area contributed by atoms with Crippen LogP contribution in [0.4, 0.5) is 0 Å². The maximum Gasteiger partial charge on any atom is 1.00 e. The SMILES string of the molecule is CC(N)=O.[H+].[H+]. The molecule has 0 unspecified atom stereocenters. The first kappa shape index (κ1) is 3.47. The number of carbonyl (C=O) groups is 1. The van der Waals surface area contributed by atoms with Crippen LogP contribution in [0.5, 0.6) is 0 Å². The topological polar surface area (TPSA) is 43.1 Å². The third-order valence-electron chi connectivity index (χ3n) is 0. The van der Waals surface area contributed by atoms with Crippen molar-refractivity contribution in [1.82, 2.24) is 0 Å². The molecule has 0 aliphatic rings. The highest BCUT2D eigenvalue weighted by Crippen LogP contribution is 1.33. The highest BCUT2D eigenvalue weighted by molar-refractivity contribution is 5.70. The van der Waals surface area contributed by atoms with Gasteiger partial charge in [-0.3, -0.25) is 4.79 Å². The molecule has 2 N–H and O–H groups in total. The molecule has 4 heavy (non-hydrogen) atoms. The maximum atomic E-state index is 9.22. The fourth-order valence-electron chi connectivity index (χ4n) is 0. The number of primary amides is 1. The Balaban J connectivity index is -0.0000000450. The average Bonchev–Trinajstić information content (AvgIpc) is 0.811. The van der Waals surface area contributed by atoms with E-state index in [2.05, 4.69) is 5.73 Å². The molecule has 0 bridgehead atoms. The highest BCUT2D eigenvalue weighted by atomic mass is 16.1. The summed E-state index contributed by atoms with van der Waals surface area (Å²) < 4.78 is 0. The molecule has 0 saturated heterocycles. The van der Waals surface area contributed by atoms with Gasteiger partial charge in [-0.25, -0.2) is 0 Å². The molecular weight excluding hydrogens is 54.0 g/mol. The normalized spacial score (nSPS) is 6.25. The van der Waals surface area contributed by atoms with Crippen molar-refractivity contribution < 1.29 is 7.65 Å².